The number of ether oxygens (including phenoxy) is 1. The van der Waals surface area contributed by atoms with E-state index in [1.807, 2.05) is 0 Å². The summed E-state index contributed by atoms with van der Waals surface area (Å²) < 4.78 is 5.69. The van der Waals surface area contributed by atoms with Crippen molar-refractivity contribution in [1.82, 2.24) is 15.1 Å². The first-order valence-electron chi connectivity index (χ1n) is 9.46. The van der Waals surface area contributed by atoms with Crippen LogP contribution in [0.1, 0.15) is 18.1 Å². The number of morpholine rings is 1. The van der Waals surface area contributed by atoms with E-state index in [0.717, 1.165) is 12.8 Å². The van der Waals surface area contributed by atoms with E-state index in [9.17, 15) is 9.59 Å². The number of urea groups is 1. The molecule has 1 unspecified atom stereocenters. The molecule has 0 saturated carbocycles. The minimum absolute atomic E-state index is 0.0367. The van der Waals surface area contributed by atoms with Crippen LogP contribution in [0.5, 0.6) is 0 Å². The van der Waals surface area contributed by atoms with Crippen LogP contribution in [0, 0.1) is 5.41 Å². The molecule has 0 bridgehead atoms. The number of hydrogen-bond acceptors (Lipinski definition) is 4. The van der Waals surface area contributed by atoms with Gasteiger partial charge in [-0.1, -0.05) is 31.2 Å². The highest BCUT2D eigenvalue weighted by molar-refractivity contribution is 5.74. The lowest BCUT2D eigenvalue weighted by Crippen LogP contribution is -2.53. The molecule has 2 aliphatic rings. The van der Waals surface area contributed by atoms with Crippen LogP contribution in [-0.2, 0) is 22.4 Å². The first-order valence-corrected chi connectivity index (χ1v) is 9.46. The zero-order chi connectivity index (χ0) is 19.4. The number of nitrogens with zero attached hydrogens (tertiary/aromatic N) is 2. The predicted octanol–water partition coefficient (Wildman–Crippen LogP) is 1.22. The van der Waals surface area contributed by atoms with E-state index in [1.54, 1.807) is 16.8 Å². The summed E-state index contributed by atoms with van der Waals surface area (Å²) in [6.07, 6.45) is 1.80. The maximum absolute atomic E-state index is 12.6. The van der Waals surface area contributed by atoms with Crippen LogP contribution in [0.2, 0.25) is 0 Å². The van der Waals surface area contributed by atoms with Gasteiger partial charge < -0.3 is 20.1 Å². The molecule has 7 heteroatoms. The van der Waals surface area contributed by atoms with Crippen LogP contribution < -0.4 is 5.32 Å². The van der Waals surface area contributed by atoms with Gasteiger partial charge >= 0.3 is 12.0 Å². The molecule has 1 aliphatic heterocycles. The number of rotatable bonds is 6. The number of carboxylic acid groups (broad SMARTS) is 1. The smallest absolute Gasteiger partial charge is 0.317 e. The number of fused-ring (bicyclic) bond motifs is 1. The summed E-state index contributed by atoms with van der Waals surface area (Å²) in [4.78, 5) is 26.9. The van der Waals surface area contributed by atoms with Crippen LogP contribution in [-0.4, -0.2) is 79.4 Å². The van der Waals surface area contributed by atoms with Crippen molar-refractivity contribution in [2.24, 2.45) is 5.41 Å². The molecule has 27 heavy (non-hydrogen) atoms. The third-order valence-electron chi connectivity index (χ3n) is 5.37. The van der Waals surface area contributed by atoms with E-state index in [4.69, 9.17) is 9.84 Å². The molecular weight excluding hydrogens is 346 g/mol. The summed E-state index contributed by atoms with van der Waals surface area (Å²) in [5, 5.41) is 12.0. The number of likely N-dealkylation sites (N-methyl/N-ethyl adjacent to an activating group) is 1. The summed E-state index contributed by atoms with van der Waals surface area (Å²) in [5.41, 5.74) is 2.80. The van der Waals surface area contributed by atoms with Gasteiger partial charge in [-0.05, 0) is 36.4 Å². The standard InChI is InChI=1S/C20H29N3O4/c1-20(9-15-5-3-4-6-16(15)10-20)14-21-19(26)23-7-8-27-17(12-23)11-22(2)13-18(24)25/h3-6,17H,7-14H2,1-2H3,(H,21,26)(H,24,25). The number of aliphatic carboxylic acids is 1. The zero-order valence-electron chi connectivity index (χ0n) is 16.1. The Morgan fingerprint density at radius 3 is 2.63 bits per heavy atom. The van der Waals surface area contributed by atoms with Gasteiger partial charge in [-0.25, -0.2) is 4.79 Å². The number of carbonyl (C=O) groups is 2. The fourth-order valence-electron chi connectivity index (χ4n) is 4.07. The number of benzene rings is 1. The molecule has 1 heterocycles. The predicted molar refractivity (Wildman–Crippen MR) is 102 cm³/mol. The fraction of sp³-hybridized carbons (Fsp3) is 0.600. The first kappa shape index (κ1) is 19.6. The highest BCUT2D eigenvalue weighted by Crippen LogP contribution is 2.35. The summed E-state index contributed by atoms with van der Waals surface area (Å²) in [5.74, 6) is -0.867. The lowest BCUT2D eigenvalue weighted by Gasteiger charge is -2.35. The van der Waals surface area contributed by atoms with Crippen molar-refractivity contribution in [2.45, 2.75) is 25.9 Å². The van der Waals surface area contributed by atoms with Crippen molar-refractivity contribution < 1.29 is 19.4 Å². The minimum atomic E-state index is -0.867. The second-order valence-electron chi connectivity index (χ2n) is 8.12. The van der Waals surface area contributed by atoms with E-state index < -0.39 is 5.97 Å². The summed E-state index contributed by atoms with van der Waals surface area (Å²) >= 11 is 0. The first-order chi connectivity index (χ1) is 12.8. The number of nitrogens with one attached hydrogen (secondary N) is 1. The molecule has 2 amide bonds. The minimum Gasteiger partial charge on any atom is -0.480 e. The second kappa shape index (κ2) is 8.27. The van der Waals surface area contributed by atoms with Crippen molar-refractivity contribution in [2.75, 3.05) is 46.4 Å². The highest BCUT2D eigenvalue weighted by Gasteiger charge is 2.34. The second-order valence-corrected chi connectivity index (χ2v) is 8.12. The Kier molecular flexibility index (Phi) is 6.01. The average Bonchev–Trinajstić information content (AvgIpc) is 2.95. The van der Waals surface area contributed by atoms with Gasteiger partial charge in [-0.3, -0.25) is 9.69 Å². The highest BCUT2D eigenvalue weighted by atomic mass is 16.5. The van der Waals surface area contributed by atoms with Crippen molar-refractivity contribution in [3.8, 4) is 0 Å². The van der Waals surface area contributed by atoms with Crippen LogP contribution in [0.25, 0.3) is 0 Å². The van der Waals surface area contributed by atoms with Crippen LogP contribution in [0.3, 0.4) is 0 Å². The van der Waals surface area contributed by atoms with Crippen LogP contribution >= 0.6 is 0 Å². The third-order valence-corrected chi connectivity index (χ3v) is 5.37. The quantitative estimate of drug-likeness (QED) is 0.781. The molecule has 0 spiro atoms. The monoisotopic (exact) mass is 375 g/mol. The number of amides is 2. The van der Waals surface area contributed by atoms with Gasteiger partial charge in [-0.15, -0.1) is 0 Å². The third kappa shape index (κ3) is 5.20. The summed E-state index contributed by atoms with van der Waals surface area (Å²) in [6.45, 7) is 4.82. The molecule has 2 N–H and O–H groups in total. The number of carbonyl (C=O) groups excluding carboxylic acids is 1. The molecule has 0 aromatic heterocycles. The topological polar surface area (TPSA) is 82.1 Å². The van der Waals surface area contributed by atoms with Gasteiger partial charge in [-0.2, -0.15) is 0 Å². The van der Waals surface area contributed by atoms with Crippen LogP contribution in [0.4, 0.5) is 4.79 Å². The maximum atomic E-state index is 12.6. The molecule has 1 saturated heterocycles. The Labute approximate surface area is 160 Å². The van der Waals surface area contributed by atoms with Gasteiger partial charge in [0.05, 0.1) is 19.3 Å². The van der Waals surface area contributed by atoms with Gasteiger partial charge in [0.1, 0.15) is 0 Å². The zero-order valence-corrected chi connectivity index (χ0v) is 16.1. The van der Waals surface area contributed by atoms with Crippen LogP contribution in [0.15, 0.2) is 24.3 Å². The van der Waals surface area contributed by atoms with E-state index in [1.165, 1.54) is 11.1 Å². The van der Waals surface area contributed by atoms with Gasteiger partial charge in [0, 0.05) is 26.2 Å². The molecule has 1 aromatic carbocycles. The van der Waals surface area contributed by atoms with E-state index in [0.29, 0.717) is 32.8 Å². The molecule has 148 valence electrons. The van der Waals surface area contributed by atoms with Crippen molar-refractivity contribution in [3.63, 3.8) is 0 Å². The largest absolute Gasteiger partial charge is 0.480 e. The Bertz CT molecular complexity index is 669. The summed E-state index contributed by atoms with van der Waals surface area (Å²) in [6, 6.07) is 8.41. The fourth-order valence-corrected chi connectivity index (χ4v) is 4.07. The average molecular weight is 375 g/mol. The molecule has 1 fully saturated rings. The summed E-state index contributed by atoms with van der Waals surface area (Å²) in [7, 11) is 1.75. The number of carboxylic acids is 1. The van der Waals surface area contributed by atoms with E-state index >= 15 is 0 Å². The van der Waals surface area contributed by atoms with Crippen molar-refractivity contribution >= 4 is 12.0 Å². The van der Waals surface area contributed by atoms with Gasteiger partial charge in [0.15, 0.2) is 0 Å². The Morgan fingerprint density at radius 2 is 2.00 bits per heavy atom. The van der Waals surface area contributed by atoms with Crippen molar-refractivity contribution in [3.05, 3.63) is 35.4 Å². The molecule has 3 rings (SSSR count). The maximum Gasteiger partial charge on any atom is 0.317 e. The molecule has 0 radical (unpaired) electrons. The van der Waals surface area contributed by atoms with E-state index in [-0.39, 0.29) is 24.1 Å². The molecule has 1 atom stereocenters. The van der Waals surface area contributed by atoms with Gasteiger partial charge in [0.2, 0.25) is 0 Å². The molecular formula is C20H29N3O4. The lowest BCUT2D eigenvalue weighted by molar-refractivity contribution is -0.138. The molecule has 1 aliphatic carbocycles. The lowest BCUT2D eigenvalue weighted by atomic mass is 9.87. The molecule has 1 aromatic rings. The van der Waals surface area contributed by atoms with Gasteiger partial charge in [0.25, 0.3) is 0 Å². The van der Waals surface area contributed by atoms with E-state index in [2.05, 4.69) is 36.5 Å². The Balaban J connectivity index is 1.47. The molecule has 7 nitrogen and oxygen atoms in total. The van der Waals surface area contributed by atoms with Crippen molar-refractivity contribution in [1.29, 1.82) is 0 Å². The Morgan fingerprint density at radius 1 is 1.33 bits per heavy atom. The SMILES string of the molecule is CN(CC(=O)O)CC1CN(C(=O)NCC2(C)Cc3ccccc3C2)CCO1. The number of hydrogen-bond donors (Lipinski definition) is 2. The Hall–Kier alpha value is -2.12. The normalized spacial score (nSPS) is 21.1.